The minimum atomic E-state index is -0.0837. The van der Waals surface area contributed by atoms with Gasteiger partial charge in [0.25, 0.3) is 0 Å². The van der Waals surface area contributed by atoms with Crippen LogP contribution in [0.5, 0.6) is 0 Å². The highest BCUT2D eigenvalue weighted by atomic mass is 79.9. The Morgan fingerprint density at radius 1 is 1.38 bits per heavy atom. The molecule has 0 unspecified atom stereocenters. The van der Waals surface area contributed by atoms with Gasteiger partial charge in [-0.3, -0.25) is 4.79 Å². The first-order valence-electron chi connectivity index (χ1n) is 5.58. The molecule has 0 radical (unpaired) electrons. The number of hydrogen-bond acceptors (Lipinski definition) is 2. The summed E-state index contributed by atoms with van der Waals surface area (Å²) in [5.41, 5.74) is 0.0573. The van der Waals surface area contributed by atoms with Gasteiger partial charge in [0.1, 0.15) is 0 Å². The fourth-order valence-electron chi connectivity index (χ4n) is 2.62. The maximum absolute atomic E-state index is 11.3. The summed E-state index contributed by atoms with van der Waals surface area (Å²) in [5.74, 6) is -0.0837. The van der Waals surface area contributed by atoms with E-state index in [0.717, 1.165) is 12.8 Å². The Bertz CT molecular complexity index is 281. The fraction of sp³-hybridized carbons (Fsp3) is 0.750. The van der Waals surface area contributed by atoms with Crippen LogP contribution in [0.15, 0.2) is 12.7 Å². The van der Waals surface area contributed by atoms with Crippen LogP contribution >= 0.6 is 16.1 Å². The molecule has 0 spiro atoms. The van der Waals surface area contributed by atoms with Crippen LogP contribution in [0.3, 0.4) is 0 Å². The highest BCUT2D eigenvalue weighted by molar-refractivity contribution is 9.07. The Balaban J connectivity index is 2.78. The molecule has 0 aliphatic carbocycles. The third kappa shape index (κ3) is 2.86. The van der Waals surface area contributed by atoms with Crippen LogP contribution < -0.4 is 5.32 Å². The van der Waals surface area contributed by atoms with Crippen LogP contribution in [0.1, 0.15) is 40.5 Å². The molecule has 0 aromatic carbocycles. The lowest BCUT2D eigenvalue weighted by Crippen LogP contribution is -2.60. The van der Waals surface area contributed by atoms with Crippen molar-refractivity contribution in [1.82, 2.24) is 9.24 Å². The second-order valence-electron chi connectivity index (χ2n) is 5.72. The van der Waals surface area contributed by atoms with Gasteiger partial charge in [-0.25, -0.2) is 3.93 Å². The molecule has 1 aliphatic heterocycles. The zero-order valence-corrected chi connectivity index (χ0v) is 12.1. The van der Waals surface area contributed by atoms with Crippen molar-refractivity contribution in [3.8, 4) is 0 Å². The van der Waals surface area contributed by atoms with Crippen molar-refractivity contribution < 1.29 is 4.79 Å². The molecule has 0 saturated carbocycles. The molecular formula is C12H21BrN2O. The molecule has 1 aliphatic rings. The molecule has 1 rings (SSSR count). The third-order valence-corrected chi connectivity index (χ3v) is 5.01. The first-order valence-corrected chi connectivity index (χ1v) is 6.29. The zero-order chi connectivity index (χ0) is 12.6. The van der Waals surface area contributed by atoms with Gasteiger partial charge in [0.2, 0.25) is 5.91 Å². The maximum Gasteiger partial charge on any atom is 0.243 e. The van der Waals surface area contributed by atoms with Crippen molar-refractivity contribution in [3.05, 3.63) is 12.7 Å². The summed E-state index contributed by atoms with van der Waals surface area (Å²) in [7, 11) is 0. The van der Waals surface area contributed by atoms with Crippen molar-refractivity contribution in [2.24, 2.45) is 0 Å². The number of nitrogens with one attached hydrogen (secondary N) is 1. The monoisotopic (exact) mass is 288 g/mol. The molecule has 0 aromatic rings. The summed E-state index contributed by atoms with van der Waals surface area (Å²) in [4.78, 5) is 11.3. The summed E-state index contributed by atoms with van der Waals surface area (Å²) in [6, 6.07) is 0.212. The molecule has 0 atom stereocenters. The Morgan fingerprint density at radius 2 is 1.81 bits per heavy atom. The van der Waals surface area contributed by atoms with Gasteiger partial charge >= 0.3 is 0 Å². The summed E-state index contributed by atoms with van der Waals surface area (Å²) < 4.78 is 2.21. The standard InChI is InChI=1S/C12H21BrN2O/c1-6-10(16)14-9-7-11(2,3)15(13)12(4,5)8-9/h6,9H,1,7-8H2,2-5H3,(H,14,16). The number of carbonyl (C=O) groups excluding carboxylic acids is 1. The predicted octanol–water partition coefficient (Wildman–Crippen LogP) is 2.62. The third-order valence-electron chi connectivity index (χ3n) is 3.09. The molecular weight excluding hydrogens is 268 g/mol. The van der Waals surface area contributed by atoms with Crippen LogP contribution in [0, 0.1) is 0 Å². The van der Waals surface area contributed by atoms with Gasteiger partial charge in [-0.1, -0.05) is 6.58 Å². The number of hydrogen-bond donors (Lipinski definition) is 1. The molecule has 1 amide bonds. The lowest BCUT2D eigenvalue weighted by Gasteiger charge is -2.51. The highest BCUT2D eigenvalue weighted by Gasteiger charge is 2.44. The lowest BCUT2D eigenvalue weighted by molar-refractivity contribution is -0.118. The second-order valence-corrected chi connectivity index (χ2v) is 6.43. The number of nitrogens with zero attached hydrogens (tertiary/aromatic N) is 1. The van der Waals surface area contributed by atoms with E-state index in [0.29, 0.717) is 0 Å². The van der Waals surface area contributed by atoms with Gasteiger partial charge in [-0.15, -0.1) is 0 Å². The van der Waals surface area contributed by atoms with Gasteiger partial charge in [0.05, 0.1) is 0 Å². The predicted molar refractivity (Wildman–Crippen MR) is 70.3 cm³/mol. The summed E-state index contributed by atoms with van der Waals surface area (Å²) in [5, 5.41) is 3.00. The largest absolute Gasteiger partial charge is 0.350 e. The molecule has 3 nitrogen and oxygen atoms in total. The summed E-state index contributed by atoms with van der Waals surface area (Å²) in [6.45, 7) is 12.2. The van der Waals surface area contributed by atoms with E-state index in [9.17, 15) is 4.79 Å². The second kappa shape index (κ2) is 4.49. The van der Waals surface area contributed by atoms with E-state index in [1.165, 1.54) is 6.08 Å². The number of carbonyl (C=O) groups is 1. The minimum Gasteiger partial charge on any atom is -0.350 e. The van der Waals surface area contributed by atoms with Crippen LogP contribution in [0.4, 0.5) is 0 Å². The normalized spacial score (nSPS) is 25.1. The SMILES string of the molecule is C=CC(=O)NC1CC(C)(C)N(Br)C(C)(C)C1. The average Bonchev–Trinajstić information content (AvgIpc) is 2.13. The van der Waals surface area contributed by atoms with Crippen molar-refractivity contribution in [2.45, 2.75) is 57.7 Å². The van der Waals surface area contributed by atoms with Gasteiger partial charge in [0.15, 0.2) is 0 Å². The van der Waals surface area contributed by atoms with Crippen LogP contribution in [0.2, 0.25) is 0 Å². The van der Waals surface area contributed by atoms with Crippen molar-refractivity contribution in [2.75, 3.05) is 0 Å². The first kappa shape index (κ1) is 13.7. The van der Waals surface area contributed by atoms with Crippen LogP contribution in [-0.2, 0) is 4.79 Å². The summed E-state index contributed by atoms with van der Waals surface area (Å²) in [6.07, 6.45) is 3.20. The van der Waals surface area contributed by atoms with E-state index in [-0.39, 0.29) is 23.0 Å². The molecule has 1 fully saturated rings. The van der Waals surface area contributed by atoms with Crippen molar-refractivity contribution >= 4 is 22.1 Å². The van der Waals surface area contributed by atoms with E-state index in [2.05, 4.69) is 59.7 Å². The quantitative estimate of drug-likeness (QED) is 0.626. The Morgan fingerprint density at radius 3 is 2.19 bits per heavy atom. The molecule has 1 heterocycles. The van der Waals surface area contributed by atoms with E-state index < -0.39 is 0 Å². The topological polar surface area (TPSA) is 32.3 Å². The van der Waals surface area contributed by atoms with Crippen molar-refractivity contribution in [1.29, 1.82) is 0 Å². The average molecular weight is 289 g/mol. The molecule has 0 bridgehead atoms. The highest BCUT2D eigenvalue weighted by Crippen LogP contribution is 2.40. The van der Waals surface area contributed by atoms with Gasteiger partial charge in [-0.2, -0.15) is 0 Å². The molecule has 1 N–H and O–H groups in total. The molecule has 1 saturated heterocycles. The summed E-state index contributed by atoms with van der Waals surface area (Å²) >= 11 is 3.64. The lowest BCUT2D eigenvalue weighted by atomic mass is 9.79. The zero-order valence-electron chi connectivity index (χ0n) is 10.5. The number of piperidine rings is 1. The van der Waals surface area contributed by atoms with E-state index in [4.69, 9.17) is 0 Å². The Kier molecular flexibility index (Phi) is 3.85. The van der Waals surface area contributed by atoms with Crippen LogP contribution in [-0.4, -0.2) is 27.0 Å². The van der Waals surface area contributed by atoms with Gasteiger partial charge in [0, 0.05) is 33.3 Å². The minimum absolute atomic E-state index is 0.0286. The molecule has 4 heteroatoms. The van der Waals surface area contributed by atoms with E-state index in [1.54, 1.807) is 0 Å². The molecule has 0 aromatic heterocycles. The van der Waals surface area contributed by atoms with E-state index >= 15 is 0 Å². The van der Waals surface area contributed by atoms with Crippen LogP contribution in [0.25, 0.3) is 0 Å². The van der Waals surface area contributed by atoms with Gasteiger partial charge < -0.3 is 5.32 Å². The number of amides is 1. The smallest absolute Gasteiger partial charge is 0.243 e. The van der Waals surface area contributed by atoms with E-state index in [1.807, 2.05) is 0 Å². The maximum atomic E-state index is 11.3. The Hall–Kier alpha value is -0.350. The fourth-order valence-corrected chi connectivity index (χ4v) is 2.91. The van der Waals surface area contributed by atoms with Gasteiger partial charge in [-0.05, 0) is 46.6 Å². The van der Waals surface area contributed by atoms with Crippen molar-refractivity contribution in [3.63, 3.8) is 0 Å². The molecule has 16 heavy (non-hydrogen) atoms. The number of rotatable bonds is 2. The first-order chi connectivity index (χ1) is 7.19. The number of halogens is 1. The molecule has 92 valence electrons. The Labute approximate surface area is 107 Å².